The van der Waals surface area contributed by atoms with Gasteiger partial charge in [-0.3, -0.25) is 0 Å². The van der Waals surface area contributed by atoms with Crippen molar-refractivity contribution in [3.05, 3.63) is 11.3 Å². The summed E-state index contributed by atoms with van der Waals surface area (Å²) in [7, 11) is 1.39. The van der Waals surface area contributed by atoms with E-state index >= 15 is 0 Å². The number of rotatable bonds is 5. The highest BCUT2D eigenvalue weighted by atomic mass is 16.5. The molecule has 0 radical (unpaired) electrons. The average Bonchev–Trinajstić information content (AvgIpc) is 2.68. The fraction of sp³-hybridized carbons (Fsp3) is 0.870. The Morgan fingerprint density at radius 2 is 1.46 bits per heavy atom. The Morgan fingerprint density at radius 1 is 0.923 bits per heavy atom. The molecule has 26 heavy (non-hydrogen) atoms. The van der Waals surface area contributed by atoms with Gasteiger partial charge in [0.15, 0.2) is 0 Å². The molecule has 0 saturated heterocycles. The van der Waals surface area contributed by atoms with Gasteiger partial charge in [0, 0.05) is 6.42 Å². The van der Waals surface area contributed by atoms with E-state index in [2.05, 4.69) is 6.92 Å². The number of carbonyl (C=O) groups is 1. The lowest BCUT2D eigenvalue weighted by Crippen LogP contribution is -2.29. The molecular formula is C23H38O3. The Hall–Kier alpha value is -0.990. The molecule has 0 heterocycles. The molecule has 3 aliphatic carbocycles. The zero-order valence-electron chi connectivity index (χ0n) is 16.8. The summed E-state index contributed by atoms with van der Waals surface area (Å²) in [6, 6.07) is 0. The van der Waals surface area contributed by atoms with Gasteiger partial charge < -0.3 is 9.84 Å². The average molecular weight is 363 g/mol. The van der Waals surface area contributed by atoms with Crippen LogP contribution in [0.5, 0.6) is 0 Å². The van der Waals surface area contributed by atoms with Crippen LogP contribution in [-0.4, -0.2) is 18.2 Å². The first kappa shape index (κ1) is 19.8. The summed E-state index contributed by atoms with van der Waals surface area (Å²) in [5.41, 5.74) is 0.515. The van der Waals surface area contributed by atoms with Gasteiger partial charge in [-0.2, -0.15) is 0 Å². The molecule has 0 aromatic rings. The smallest absolute Gasteiger partial charge is 0.337 e. The minimum atomic E-state index is -0.344. The van der Waals surface area contributed by atoms with Crippen LogP contribution >= 0.6 is 0 Å². The first-order valence-electron chi connectivity index (χ1n) is 11.1. The van der Waals surface area contributed by atoms with Crippen molar-refractivity contribution in [1.82, 2.24) is 0 Å². The number of carbonyl (C=O) groups excluding carboxylic acids is 1. The summed E-state index contributed by atoms with van der Waals surface area (Å²) < 4.78 is 4.79. The summed E-state index contributed by atoms with van der Waals surface area (Å²) in [5.74, 6) is 4.19. The van der Waals surface area contributed by atoms with Gasteiger partial charge in [-0.25, -0.2) is 4.79 Å². The van der Waals surface area contributed by atoms with E-state index in [0.29, 0.717) is 30.1 Å². The molecule has 0 amide bonds. The van der Waals surface area contributed by atoms with E-state index in [-0.39, 0.29) is 5.97 Å². The molecule has 0 aliphatic heterocycles. The number of aliphatic hydroxyl groups excluding tert-OH is 1. The molecule has 2 fully saturated rings. The molecule has 1 N–H and O–H groups in total. The molecule has 3 rings (SSSR count). The van der Waals surface area contributed by atoms with Crippen LogP contribution in [0.1, 0.15) is 90.4 Å². The van der Waals surface area contributed by atoms with Gasteiger partial charge in [0.1, 0.15) is 5.76 Å². The minimum absolute atomic E-state index is 0.296. The summed E-state index contributed by atoms with van der Waals surface area (Å²) in [6.07, 6.45) is 16.5. The molecule has 148 valence electrons. The molecular weight excluding hydrogens is 324 g/mol. The van der Waals surface area contributed by atoms with Crippen LogP contribution in [0.4, 0.5) is 0 Å². The van der Waals surface area contributed by atoms with Gasteiger partial charge in [0.25, 0.3) is 0 Å². The zero-order chi connectivity index (χ0) is 18.5. The van der Waals surface area contributed by atoms with Crippen molar-refractivity contribution in [3.63, 3.8) is 0 Å². The quantitative estimate of drug-likeness (QED) is 0.594. The van der Waals surface area contributed by atoms with E-state index in [0.717, 1.165) is 30.1 Å². The second kappa shape index (κ2) is 9.28. The highest BCUT2D eigenvalue weighted by Crippen LogP contribution is 2.46. The summed E-state index contributed by atoms with van der Waals surface area (Å²) >= 11 is 0. The molecule has 3 heteroatoms. The number of methoxy groups -OCH3 is 1. The number of hydrogen-bond donors (Lipinski definition) is 1. The predicted octanol–water partition coefficient (Wildman–Crippen LogP) is 6.18. The lowest BCUT2D eigenvalue weighted by molar-refractivity contribution is -0.136. The topological polar surface area (TPSA) is 46.5 Å². The molecule has 0 aromatic carbocycles. The Labute approximate surface area is 159 Å². The standard InChI is InChI=1S/C23H38O3/c1-3-4-16-5-7-17(8-6-16)18-9-11-19(12-10-18)20-13-14-21(22(24)15-20)23(25)26-2/h16-20,24H,3-15H2,1-2H3. The van der Waals surface area contributed by atoms with Crippen LogP contribution in [0.2, 0.25) is 0 Å². The van der Waals surface area contributed by atoms with Crippen LogP contribution in [0, 0.1) is 29.6 Å². The van der Waals surface area contributed by atoms with Crippen LogP contribution in [0.15, 0.2) is 11.3 Å². The molecule has 0 bridgehead atoms. The van der Waals surface area contributed by atoms with E-state index in [1.54, 1.807) is 0 Å². The second-order valence-corrected chi connectivity index (χ2v) is 9.16. The Balaban J connectivity index is 1.45. The van der Waals surface area contributed by atoms with Gasteiger partial charge in [-0.1, -0.05) is 32.6 Å². The van der Waals surface area contributed by atoms with Crippen LogP contribution in [-0.2, 0) is 9.53 Å². The van der Waals surface area contributed by atoms with Gasteiger partial charge >= 0.3 is 5.97 Å². The number of esters is 1. The van der Waals surface area contributed by atoms with Crippen molar-refractivity contribution in [3.8, 4) is 0 Å². The zero-order valence-corrected chi connectivity index (χ0v) is 16.8. The van der Waals surface area contributed by atoms with Crippen molar-refractivity contribution >= 4 is 5.97 Å². The molecule has 3 nitrogen and oxygen atoms in total. The number of ether oxygens (including phenoxy) is 1. The molecule has 2 saturated carbocycles. The van der Waals surface area contributed by atoms with Crippen LogP contribution in [0.3, 0.4) is 0 Å². The highest BCUT2D eigenvalue weighted by molar-refractivity contribution is 5.89. The van der Waals surface area contributed by atoms with Gasteiger partial charge in [0.05, 0.1) is 12.7 Å². The van der Waals surface area contributed by atoms with Crippen molar-refractivity contribution < 1.29 is 14.6 Å². The monoisotopic (exact) mass is 362 g/mol. The number of allylic oxidation sites excluding steroid dienone is 1. The predicted molar refractivity (Wildman–Crippen MR) is 105 cm³/mol. The molecule has 0 spiro atoms. The van der Waals surface area contributed by atoms with E-state index in [1.165, 1.54) is 71.3 Å². The number of hydrogen-bond acceptors (Lipinski definition) is 3. The van der Waals surface area contributed by atoms with Gasteiger partial charge in [0.2, 0.25) is 0 Å². The van der Waals surface area contributed by atoms with Crippen molar-refractivity contribution in [2.45, 2.75) is 90.4 Å². The third kappa shape index (κ3) is 4.64. The second-order valence-electron chi connectivity index (χ2n) is 9.16. The maximum atomic E-state index is 11.7. The number of aliphatic hydroxyl groups is 1. The lowest BCUT2D eigenvalue weighted by Gasteiger charge is -2.40. The maximum absolute atomic E-state index is 11.7. The first-order chi connectivity index (χ1) is 12.6. The summed E-state index contributed by atoms with van der Waals surface area (Å²) in [5, 5.41) is 10.3. The van der Waals surface area contributed by atoms with Gasteiger partial charge in [-0.15, -0.1) is 0 Å². The maximum Gasteiger partial charge on any atom is 0.337 e. The van der Waals surface area contributed by atoms with E-state index in [1.807, 2.05) is 0 Å². The highest BCUT2D eigenvalue weighted by Gasteiger charge is 2.35. The largest absolute Gasteiger partial charge is 0.512 e. The molecule has 0 aromatic heterocycles. The van der Waals surface area contributed by atoms with Crippen molar-refractivity contribution in [1.29, 1.82) is 0 Å². The van der Waals surface area contributed by atoms with Gasteiger partial charge in [-0.05, 0) is 81.0 Å². The third-order valence-corrected chi connectivity index (χ3v) is 7.74. The van der Waals surface area contributed by atoms with E-state index < -0.39 is 0 Å². The summed E-state index contributed by atoms with van der Waals surface area (Å²) in [6.45, 7) is 2.32. The fourth-order valence-electron chi connectivity index (χ4n) is 6.14. The lowest BCUT2D eigenvalue weighted by atomic mass is 9.65. The molecule has 1 atom stereocenters. The van der Waals surface area contributed by atoms with Crippen LogP contribution in [0.25, 0.3) is 0 Å². The Morgan fingerprint density at radius 3 is 1.96 bits per heavy atom. The van der Waals surface area contributed by atoms with Crippen LogP contribution < -0.4 is 0 Å². The Kier molecular flexibility index (Phi) is 7.05. The summed E-state index contributed by atoms with van der Waals surface area (Å²) in [4.78, 5) is 11.7. The molecule has 1 unspecified atom stereocenters. The Bertz CT molecular complexity index is 494. The van der Waals surface area contributed by atoms with E-state index in [4.69, 9.17) is 4.74 Å². The first-order valence-corrected chi connectivity index (χ1v) is 11.1. The molecule has 3 aliphatic rings. The van der Waals surface area contributed by atoms with Crippen molar-refractivity contribution in [2.75, 3.05) is 7.11 Å². The third-order valence-electron chi connectivity index (χ3n) is 7.74. The SMILES string of the molecule is CCCC1CCC(C2CCC(C3CCC(C(=O)OC)=C(O)C3)CC2)CC1. The fourth-order valence-corrected chi connectivity index (χ4v) is 6.14. The van der Waals surface area contributed by atoms with E-state index in [9.17, 15) is 9.90 Å². The van der Waals surface area contributed by atoms with Crippen molar-refractivity contribution in [2.24, 2.45) is 29.6 Å². The minimum Gasteiger partial charge on any atom is -0.512 e. The normalized spacial score (nSPS) is 36.0.